The average molecular weight is 452 g/mol. The summed E-state index contributed by atoms with van der Waals surface area (Å²) in [6, 6.07) is 4.65. The molecule has 0 saturated carbocycles. The van der Waals surface area contributed by atoms with E-state index in [2.05, 4.69) is 20.5 Å². The van der Waals surface area contributed by atoms with E-state index >= 15 is 0 Å². The summed E-state index contributed by atoms with van der Waals surface area (Å²) in [6.45, 7) is 5.76. The zero-order chi connectivity index (χ0) is 16.5. The van der Waals surface area contributed by atoms with Gasteiger partial charge in [0.2, 0.25) is 0 Å². The van der Waals surface area contributed by atoms with E-state index < -0.39 is 0 Å². The zero-order valence-electron chi connectivity index (χ0n) is 14.2. The fourth-order valence-electron chi connectivity index (χ4n) is 2.40. The van der Waals surface area contributed by atoms with Crippen molar-refractivity contribution in [3.05, 3.63) is 29.6 Å². The number of benzene rings is 1. The van der Waals surface area contributed by atoms with Crippen LogP contribution < -0.4 is 15.4 Å². The molecule has 1 aromatic rings. The van der Waals surface area contributed by atoms with Gasteiger partial charge in [-0.1, -0.05) is 0 Å². The molecule has 0 atom stereocenters. The molecule has 1 aliphatic heterocycles. The Labute approximate surface area is 159 Å². The monoisotopic (exact) mass is 452 g/mol. The lowest BCUT2D eigenvalue weighted by molar-refractivity contribution is 0.0389. The van der Waals surface area contributed by atoms with Crippen LogP contribution >= 0.6 is 24.0 Å². The Balaban J connectivity index is 0.00000288. The van der Waals surface area contributed by atoms with Gasteiger partial charge in [0.1, 0.15) is 11.6 Å². The minimum atomic E-state index is -0.309. The molecule has 2 N–H and O–H groups in total. The Hall–Kier alpha value is -1.13. The number of methoxy groups -OCH3 is 1. The van der Waals surface area contributed by atoms with E-state index in [1.165, 1.54) is 19.2 Å². The Morgan fingerprint density at radius 2 is 2.04 bits per heavy atom. The van der Waals surface area contributed by atoms with Gasteiger partial charge in [-0.2, -0.15) is 0 Å². The number of halogens is 2. The molecule has 0 unspecified atom stereocenters. The second-order valence-corrected chi connectivity index (χ2v) is 5.31. The van der Waals surface area contributed by atoms with Gasteiger partial charge < -0.3 is 20.1 Å². The van der Waals surface area contributed by atoms with Crippen LogP contribution in [0.1, 0.15) is 5.56 Å². The molecule has 8 heteroatoms. The standard InChI is InChI=1S/C16H25FN4O2.HI/c1-18-16(19-3-4-21-5-7-23-8-6-21)20-12-13-9-14(17)11-15(10-13)22-2;/h9-11H,3-8,12H2,1-2H3,(H2,18,19,20);1H. The summed E-state index contributed by atoms with van der Waals surface area (Å²) >= 11 is 0. The van der Waals surface area contributed by atoms with Crippen molar-refractivity contribution in [3.8, 4) is 5.75 Å². The van der Waals surface area contributed by atoms with Crippen molar-refractivity contribution in [2.24, 2.45) is 4.99 Å². The molecule has 1 saturated heterocycles. The van der Waals surface area contributed by atoms with Crippen LogP contribution in [0.4, 0.5) is 4.39 Å². The minimum Gasteiger partial charge on any atom is -0.497 e. The smallest absolute Gasteiger partial charge is 0.191 e. The second kappa shape index (κ2) is 11.4. The lowest BCUT2D eigenvalue weighted by atomic mass is 10.2. The van der Waals surface area contributed by atoms with Crippen molar-refractivity contribution in [2.75, 3.05) is 53.6 Å². The molecule has 0 aliphatic carbocycles. The largest absolute Gasteiger partial charge is 0.497 e. The third-order valence-electron chi connectivity index (χ3n) is 3.67. The number of ether oxygens (including phenoxy) is 2. The Bertz CT molecular complexity index is 525. The Morgan fingerprint density at radius 1 is 1.29 bits per heavy atom. The molecule has 0 radical (unpaired) electrons. The quantitative estimate of drug-likeness (QED) is 0.389. The number of rotatable bonds is 6. The average Bonchev–Trinajstić information content (AvgIpc) is 2.58. The van der Waals surface area contributed by atoms with E-state index in [0.29, 0.717) is 18.3 Å². The van der Waals surface area contributed by atoms with E-state index in [9.17, 15) is 4.39 Å². The van der Waals surface area contributed by atoms with Crippen LogP contribution in [0.3, 0.4) is 0 Å². The number of nitrogens with one attached hydrogen (secondary N) is 2. The topological polar surface area (TPSA) is 58.1 Å². The molecule has 24 heavy (non-hydrogen) atoms. The summed E-state index contributed by atoms with van der Waals surface area (Å²) in [5.74, 6) is 0.898. The summed E-state index contributed by atoms with van der Waals surface area (Å²) in [5.41, 5.74) is 0.804. The van der Waals surface area contributed by atoms with Crippen LogP contribution in [0.2, 0.25) is 0 Å². The van der Waals surface area contributed by atoms with Gasteiger partial charge in [0.25, 0.3) is 0 Å². The molecule has 0 bridgehead atoms. The molecule has 136 valence electrons. The van der Waals surface area contributed by atoms with E-state index in [-0.39, 0.29) is 29.8 Å². The van der Waals surface area contributed by atoms with Crippen LogP contribution in [0.15, 0.2) is 23.2 Å². The number of guanidine groups is 1. The van der Waals surface area contributed by atoms with Crippen LogP contribution in [-0.2, 0) is 11.3 Å². The fraction of sp³-hybridized carbons (Fsp3) is 0.562. The number of hydrogen-bond donors (Lipinski definition) is 2. The molecular formula is C16H26FIN4O2. The van der Waals surface area contributed by atoms with E-state index in [4.69, 9.17) is 9.47 Å². The number of morpholine rings is 1. The highest BCUT2D eigenvalue weighted by atomic mass is 127. The highest BCUT2D eigenvalue weighted by Gasteiger charge is 2.09. The first kappa shape index (κ1) is 20.9. The maximum absolute atomic E-state index is 13.5. The van der Waals surface area contributed by atoms with Crippen molar-refractivity contribution >= 4 is 29.9 Å². The molecule has 2 rings (SSSR count). The molecule has 0 aromatic heterocycles. The third-order valence-corrected chi connectivity index (χ3v) is 3.67. The lowest BCUT2D eigenvalue weighted by Crippen LogP contribution is -2.44. The predicted octanol–water partition coefficient (Wildman–Crippen LogP) is 1.45. The van der Waals surface area contributed by atoms with Gasteiger partial charge in [-0.25, -0.2) is 4.39 Å². The third kappa shape index (κ3) is 7.18. The normalized spacial score (nSPS) is 15.5. The van der Waals surface area contributed by atoms with E-state index in [1.54, 1.807) is 13.1 Å². The molecule has 0 amide bonds. The molecular weight excluding hydrogens is 426 g/mol. The SMILES string of the molecule is CN=C(NCCN1CCOCC1)NCc1cc(F)cc(OC)c1.I. The Morgan fingerprint density at radius 3 is 2.71 bits per heavy atom. The maximum Gasteiger partial charge on any atom is 0.191 e. The van der Waals surface area contributed by atoms with Gasteiger partial charge in [0.15, 0.2) is 5.96 Å². The molecule has 6 nitrogen and oxygen atoms in total. The first-order valence-corrected chi connectivity index (χ1v) is 7.79. The summed E-state index contributed by atoms with van der Waals surface area (Å²) < 4.78 is 23.9. The van der Waals surface area contributed by atoms with Crippen molar-refractivity contribution in [1.29, 1.82) is 0 Å². The van der Waals surface area contributed by atoms with Crippen LogP contribution in [0.5, 0.6) is 5.75 Å². The van der Waals surface area contributed by atoms with Crippen LogP contribution in [0, 0.1) is 5.82 Å². The summed E-state index contributed by atoms with van der Waals surface area (Å²) in [7, 11) is 3.24. The molecule has 1 aliphatic rings. The van der Waals surface area contributed by atoms with Crippen LogP contribution in [-0.4, -0.2) is 64.4 Å². The van der Waals surface area contributed by atoms with Gasteiger partial charge >= 0.3 is 0 Å². The summed E-state index contributed by atoms with van der Waals surface area (Å²) in [5, 5.41) is 6.44. The molecule has 0 spiro atoms. The summed E-state index contributed by atoms with van der Waals surface area (Å²) in [6.07, 6.45) is 0. The van der Waals surface area contributed by atoms with Gasteiger partial charge in [-0.3, -0.25) is 9.89 Å². The maximum atomic E-state index is 13.5. The second-order valence-electron chi connectivity index (χ2n) is 5.31. The predicted molar refractivity (Wildman–Crippen MR) is 104 cm³/mol. The Kier molecular flexibility index (Phi) is 9.96. The number of hydrogen-bond acceptors (Lipinski definition) is 4. The van der Waals surface area contributed by atoms with Crippen molar-refractivity contribution in [3.63, 3.8) is 0 Å². The van der Waals surface area contributed by atoms with Gasteiger partial charge in [-0.05, 0) is 17.7 Å². The van der Waals surface area contributed by atoms with Crippen molar-refractivity contribution < 1.29 is 13.9 Å². The first-order chi connectivity index (χ1) is 11.2. The van der Waals surface area contributed by atoms with Crippen LogP contribution in [0.25, 0.3) is 0 Å². The molecule has 1 heterocycles. The van der Waals surface area contributed by atoms with E-state index in [1.807, 2.05) is 0 Å². The van der Waals surface area contributed by atoms with Crippen molar-refractivity contribution in [2.45, 2.75) is 6.54 Å². The summed E-state index contributed by atoms with van der Waals surface area (Å²) in [4.78, 5) is 6.53. The highest BCUT2D eigenvalue weighted by molar-refractivity contribution is 14.0. The molecule has 1 fully saturated rings. The fourth-order valence-corrected chi connectivity index (χ4v) is 2.40. The molecule has 1 aromatic carbocycles. The van der Waals surface area contributed by atoms with E-state index in [0.717, 1.165) is 45.0 Å². The lowest BCUT2D eigenvalue weighted by Gasteiger charge is -2.26. The van der Waals surface area contributed by atoms with Crippen molar-refractivity contribution in [1.82, 2.24) is 15.5 Å². The minimum absolute atomic E-state index is 0. The zero-order valence-corrected chi connectivity index (χ0v) is 16.5. The number of aliphatic imine (C=N–C) groups is 1. The number of nitrogens with zero attached hydrogens (tertiary/aromatic N) is 2. The van der Waals surface area contributed by atoms with Gasteiger partial charge in [0, 0.05) is 45.8 Å². The van der Waals surface area contributed by atoms with Gasteiger partial charge in [0.05, 0.1) is 20.3 Å². The highest BCUT2D eigenvalue weighted by Crippen LogP contribution is 2.15. The first-order valence-electron chi connectivity index (χ1n) is 7.79. The van der Waals surface area contributed by atoms with Gasteiger partial charge in [-0.15, -0.1) is 24.0 Å².